The number of rotatable bonds is 20. The van der Waals surface area contributed by atoms with Gasteiger partial charge in [-0.2, -0.15) is 46.7 Å². The first-order valence-corrected chi connectivity index (χ1v) is 21.9. The van der Waals surface area contributed by atoms with Crippen molar-refractivity contribution in [2.75, 3.05) is 78.8 Å². The van der Waals surface area contributed by atoms with Gasteiger partial charge in [-0.1, -0.05) is 66.7 Å². The van der Waals surface area contributed by atoms with E-state index < -0.39 is 35.7 Å². The first-order chi connectivity index (χ1) is 30.2. The smallest absolute Gasteiger partial charge is 1.00 e. The van der Waals surface area contributed by atoms with Crippen molar-refractivity contribution in [1.82, 2.24) is 29.9 Å². The molecular formula is C40H44N11NaO10S2. The van der Waals surface area contributed by atoms with Crippen LogP contribution in [0.1, 0.15) is 12.6 Å². The predicted octanol–water partition coefficient (Wildman–Crippen LogP) is -0.178. The van der Waals surface area contributed by atoms with Crippen LogP contribution in [0.2, 0.25) is 0 Å². The van der Waals surface area contributed by atoms with Crippen molar-refractivity contribution in [2.45, 2.75) is 9.79 Å². The zero-order chi connectivity index (χ0) is 45.1. The normalized spacial score (nSPS) is 11.6. The predicted molar refractivity (Wildman–Crippen MR) is 237 cm³/mol. The van der Waals surface area contributed by atoms with Crippen molar-refractivity contribution < 1.29 is 77.4 Å². The molecule has 0 radical (unpaired) electrons. The molecule has 4 aromatic carbocycles. The molecule has 6 aromatic rings. The summed E-state index contributed by atoms with van der Waals surface area (Å²) in [5.74, 6) is -0.0866. The number of hydrogen-bond acceptors (Lipinski definition) is 19. The molecule has 0 atom stereocenters. The van der Waals surface area contributed by atoms with Crippen LogP contribution in [-0.2, 0) is 20.2 Å². The Morgan fingerprint density at radius 3 is 1.50 bits per heavy atom. The molecule has 0 aliphatic heterocycles. The summed E-state index contributed by atoms with van der Waals surface area (Å²) in [6, 6.07) is 24.2. The Morgan fingerprint density at radius 2 is 1.03 bits per heavy atom. The topological polar surface area (TPSA) is 324 Å². The molecule has 2 heterocycles. The van der Waals surface area contributed by atoms with E-state index in [2.05, 4.69) is 40.5 Å². The summed E-state index contributed by atoms with van der Waals surface area (Å²) in [7, 11) is -10.1. The van der Waals surface area contributed by atoms with E-state index in [1.165, 1.54) is 46.2 Å². The van der Waals surface area contributed by atoms with Gasteiger partial charge < -0.3 is 48.0 Å². The summed E-state index contributed by atoms with van der Waals surface area (Å²) >= 11 is 0. The zero-order valence-electron chi connectivity index (χ0n) is 35.3. The third-order valence-electron chi connectivity index (χ3n) is 9.07. The van der Waals surface area contributed by atoms with Crippen molar-refractivity contribution in [1.29, 1.82) is 0 Å². The standard InChI is InChI=1S/C40H43N11O10S2.Na.H/c41-33-31(36-45-38(43-30-9-5-2-6-10-30)49-40(47-36)51(19-23-54)20-24-55)16-15-27(34(33)63(59,60)61)13-11-26-12-14-28(25-32(26)62(56,57)58)35-44-37(42-29-7-3-1-4-8-29)48-39(46-35)50(17-21-52)18-22-53;;/h1-16,25,52-55H,17-24,41H2,(H,56,57,58)(H,59,60,61)(H,42,44,46,48)(H,43,45,47,49);;/q;+1;-1. The molecule has 21 nitrogen and oxygen atoms in total. The molecular weight excluding hydrogens is 882 g/mol. The summed E-state index contributed by atoms with van der Waals surface area (Å²) in [5, 5.41) is 44.8. The van der Waals surface area contributed by atoms with Gasteiger partial charge in [-0.3, -0.25) is 9.11 Å². The van der Waals surface area contributed by atoms with Crippen LogP contribution in [0.15, 0.2) is 101 Å². The van der Waals surface area contributed by atoms with E-state index >= 15 is 0 Å². The second-order valence-corrected chi connectivity index (χ2v) is 16.1. The number of nitrogens with one attached hydrogen (secondary N) is 2. The Balaban J connectivity index is 0.00000462. The summed E-state index contributed by atoms with van der Waals surface area (Å²) in [4.78, 5) is 28.2. The molecule has 0 saturated carbocycles. The van der Waals surface area contributed by atoms with E-state index in [1.54, 1.807) is 54.6 Å². The fourth-order valence-electron chi connectivity index (χ4n) is 6.23. The Bertz CT molecular complexity index is 2790. The van der Waals surface area contributed by atoms with Gasteiger partial charge in [-0.05, 0) is 47.5 Å². The summed E-state index contributed by atoms with van der Waals surface area (Å²) < 4.78 is 72.6. The minimum atomic E-state index is -5.10. The number of anilines is 7. The van der Waals surface area contributed by atoms with Crippen LogP contribution in [0.4, 0.5) is 40.9 Å². The van der Waals surface area contributed by atoms with Gasteiger partial charge in [0, 0.05) is 48.7 Å². The van der Waals surface area contributed by atoms with E-state index in [1.807, 2.05) is 6.07 Å². The van der Waals surface area contributed by atoms with Crippen LogP contribution in [0.3, 0.4) is 0 Å². The maximum absolute atomic E-state index is 13.0. The SMILES string of the molecule is Nc1c(-c2nc(Nc3ccccc3)nc(N(CCO)CCO)n2)ccc(C=Cc2ccc(-c3nc(Nc4ccccc4)nc(N(CCO)CCO)n3)cc2S(=O)(=O)O)c1S(=O)(=O)O.[H-].[Na+]. The Morgan fingerprint density at radius 1 is 0.578 bits per heavy atom. The minimum Gasteiger partial charge on any atom is -1.00 e. The van der Waals surface area contributed by atoms with Crippen molar-refractivity contribution in [3.8, 4) is 22.8 Å². The Kier molecular flexibility index (Phi) is 17.2. The number of aromatic nitrogens is 6. The van der Waals surface area contributed by atoms with Crippen LogP contribution in [-0.4, -0.2) is 129 Å². The van der Waals surface area contributed by atoms with Crippen LogP contribution in [0.25, 0.3) is 34.9 Å². The number of para-hydroxylation sites is 2. The molecule has 2 aromatic heterocycles. The quantitative estimate of drug-likeness (QED) is 0.0208. The van der Waals surface area contributed by atoms with E-state index in [-0.39, 0.29) is 141 Å². The van der Waals surface area contributed by atoms with Crippen molar-refractivity contribution >= 4 is 73.2 Å². The Hall–Kier alpha value is -5.70. The molecule has 0 aliphatic rings. The van der Waals surface area contributed by atoms with Crippen molar-refractivity contribution in [3.63, 3.8) is 0 Å². The van der Waals surface area contributed by atoms with Crippen LogP contribution in [0, 0.1) is 0 Å². The summed E-state index contributed by atoms with van der Waals surface area (Å²) in [5.41, 5.74) is 6.93. The van der Waals surface area contributed by atoms with E-state index in [9.17, 15) is 46.4 Å². The number of nitrogen functional groups attached to an aromatic ring is 1. The third kappa shape index (κ3) is 12.5. The largest absolute Gasteiger partial charge is 1.00 e. The molecule has 0 aliphatic carbocycles. The van der Waals surface area contributed by atoms with Gasteiger partial charge in [0.2, 0.25) is 23.8 Å². The van der Waals surface area contributed by atoms with E-state index in [0.717, 1.165) is 6.07 Å². The summed E-state index contributed by atoms with van der Waals surface area (Å²) in [6.45, 7) is -1.10. The van der Waals surface area contributed by atoms with Gasteiger partial charge in [0.15, 0.2) is 11.6 Å². The molecule has 0 bridgehead atoms. The van der Waals surface area contributed by atoms with E-state index in [4.69, 9.17) is 5.73 Å². The Labute approximate surface area is 391 Å². The molecule has 0 spiro atoms. The second-order valence-electron chi connectivity index (χ2n) is 13.4. The molecule has 0 unspecified atom stereocenters. The van der Waals surface area contributed by atoms with Gasteiger partial charge in [0.25, 0.3) is 20.2 Å². The maximum Gasteiger partial charge on any atom is 1.00 e. The maximum atomic E-state index is 13.0. The average molecular weight is 926 g/mol. The molecule has 24 heteroatoms. The first-order valence-electron chi connectivity index (χ1n) is 19.0. The van der Waals surface area contributed by atoms with Gasteiger partial charge in [0.1, 0.15) is 9.79 Å². The zero-order valence-corrected chi connectivity index (χ0v) is 37.9. The van der Waals surface area contributed by atoms with Gasteiger partial charge in [-0.25, -0.2) is 0 Å². The summed E-state index contributed by atoms with van der Waals surface area (Å²) in [6.07, 6.45) is 2.36. The fourth-order valence-corrected chi connectivity index (χ4v) is 7.76. The molecule has 10 N–H and O–H groups in total. The van der Waals surface area contributed by atoms with Crippen molar-refractivity contribution in [3.05, 3.63) is 102 Å². The van der Waals surface area contributed by atoms with Crippen molar-refractivity contribution in [2.24, 2.45) is 0 Å². The van der Waals surface area contributed by atoms with Gasteiger partial charge >= 0.3 is 29.6 Å². The molecule has 64 heavy (non-hydrogen) atoms. The number of nitrogens with zero attached hydrogens (tertiary/aromatic N) is 8. The monoisotopic (exact) mass is 925 g/mol. The number of nitrogens with two attached hydrogens (primary N) is 1. The molecule has 0 saturated heterocycles. The number of benzene rings is 4. The van der Waals surface area contributed by atoms with Gasteiger partial charge in [-0.15, -0.1) is 0 Å². The third-order valence-corrected chi connectivity index (χ3v) is 11.0. The number of hydrogen-bond donors (Lipinski definition) is 9. The fraction of sp³-hybridized carbons (Fsp3) is 0.200. The van der Waals surface area contributed by atoms with Crippen LogP contribution in [0.5, 0.6) is 0 Å². The minimum absolute atomic E-state index is 0. The van der Waals surface area contributed by atoms with Crippen LogP contribution >= 0.6 is 0 Å². The average Bonchev–Trinajstić information content (AvgIpc) is 3.25. The molecule has 0 amide bonds. The molecule has 6 rings (SSSR count). The van der Waals surface area contributed by atoms with Gasteiger partial charge in [0.05, 0.1) is 32.1 Å². The first kappa shape index (κ1) is 49.3. The molecule has 0 fully saturated rings. The van der Waals surface area contributed by atoms with E-state index in [0.29, 0.717) is 11.4 Å². The number of aliphatic hydroxyl groups is 4. The second kappa shape index (κ2) is 22.3. The van der Waals surface area contributed by atoms with Crippen LogP contribution < -0.4 is 55.7 Å². The number of aliphatic hydroxyl groups excluding tert-OH is 4. The molecule has 332 valence electrons.